The molecule has 18 heavy (non-hydrogen) atoms. The van der Waals surface area contributed by atoms with Crippen molar-refractivity contribution < 1.29 is 13.2 Å². The van der Waals surface area contributed by atoms with E-state index in [4.69, 9.17) is 10.5 Å². The maximum atomic E-state index is 12.0. The van der Waals surface area contributed by atoms with Crippen molar-refractivity contribution in [3.63, 3.8) is 0 Å². The Morgan fingerprint density at radius 1 is 1.28 bits per heavy atom. The van der Waals surface area contributed by atoms with Gasteiger partial charge >= 0.3 is 0 Å². The largest absolute Gasteiger partial charge is 0.492 e. The van der Waals surface area contributed by atoms with Crippen molar-refractivity contribution in [2.75, 3.05) is 19.7 Å². The van der Waals surface area contributed by atoms with Crippen LogP contribution in [0, 0.1) is 13.8 Å². The summed E-state index contributed by atoms with van der Waals surface area (Å²) in [7, 11) is -3.43. The van der Waals surface area contributed by atoms with Gasteiger partial charge in [0.25, 0.3) is 0 Å². The molecule has 1 rings (SSSR count). The highest BCUT2D eigenvalue weighted by atomic mass is 32.2. The molecule has 0 aromatic heterocycles. The maximum absolute atomic E-state index is 12.0. The van der Waals surface area contributed by atoms with Gasteiger partial charge in [0.05, 0.1) is 4.90 Å². The second-order valence-corrected chi connectivity index (χ2v) is 5.76. The fourth-order valence-corrected chi connectivity index (χ4v) is 3.00. The Labute approximate surface area is 108 Å². The SMILES string of the molecule is CCNS(=O)(=O)c1cc(C)c(OCCN)cc1C. The van der Waals surface area contributed by atoms with Gasteiger partial charge in [0, 0.05) is 13.1 Å². The molecule has 0 aliphatic rings. The van der Waals surface area contributed by atoms with Crippen LogP contribution in [0.1, 0.15) is 18.1 Å². The van der Waals surface area contributed by atoms with E-state index in [2.05, 4.69) is 4.72 Å². The summed E-state index contributed by atoms with van der Waals surface area (Å²) in [6.45, 7) is 6.52. The molecule has 0 atom stereocenters. The summed E-state index contributed by atoms with van der Waals surface area (Å²) < 4.78 is 31.9. The highest BCUT2D eigenvalue weighted by Gasteiger charge is 2.17. The average molecular weight is 272 g/mol. The highest BCUT2D eigenvalue weighted by Crippen LogP contribution is 2.25. The van der Waals surface area contributed by atoms with Gasteiger partial charge in [0.2, 0.25) is 10.0 Å². The van der Waals surface area contributed by atoms with Gasteiger partial charge in [0.1, 0.15) is 12.4 Å². The molecule has 6 heteroatoms. The van der Waals surface area contributed by atoms with E-state index in [1.54, 1.807) is 26.0 Å². The van der Waals surface area contributed by atoms with Crippen molar-refractivity contribution in [1.82, 2.24) is 4.72 Å². The quantitative estimate of drug-likeness (QED) is 0.807. The second kappa shape index (κ2) is 6.17. The Morgan fingerprint density at radius 3 is 2.50 bits per heavy atom. The first-order valence-electron chi connectivity index (χ1n) is 5.86. The third kappa shape index (κ3) is 3.44. The van der Waals surface area contributed by atoms with Crippen molar-refractivity contribution in [2.24, 2.45) is 5.73 Å². The van der Waals surface area contributed by atoms with Gasteiger partial charge in [-0.2, -0.15) is 0 Å². The summed E-state index contributed by atoms with van der Waals surface area (Å²) in [4.78, 5) is 0.293. The zero-order chi connectivity index (χ0) is 13.8. The van der Waals surface area contributed by atoms with Crippen LogP contribution < -0.4 is 15.2 Å². The van der Waals surface area contributed by atoms with E-state index in [1.807, 2.05) is 6.92 Å². The minimum atomic E-state index is -3.43. The predicted molar refractivity (Wildman–Crippen MR) is 71.3 cm³/mol. The number of nitrogens with one attached hydrogen (secondary N) is 1. The van der Waals surface area contributed by atoms with Gasteiger partial charge in [-0.1, -0.05) is 6.92 Å². The number of sulfonamides is 1. The predicted octanol–water partition coefficient (Wildman–Crippen LogP) is 0.939. The third-order valence-corrected chi connectivity index (χ3v) is 4.16. The van der Waals surface area contributed by atoms with Crippen LogP contribution in [0.3, 0.4) is 0 Å². The summed E-state index contributed by atoms with van der Waals surface area (Å²) in [5.41, 5.74) is 6.82. The van der Waals surface area contributed by atoms with Gasteiger partial charge in [-0.05, 0) is 37.1 Å². The number of ether oxygens (including phenoxy) is 1. The first-order valence-corrected chi connectivity index (χ1v) is 7.34. The molecule has 0 saturated heterocycles. The van der Waals surface area contributed by atoms with Crippen LogP contribution in [0.25, 0.3) is 0 Å². The summed E-state index contributed by atoms with van der Waals surface area (Å²) in [6.07, 6.45) is 0. The maximum Gasteiger partial charge on any atom is 0.240 e. The van der Waals surface area contributed by atoms with Crippen molar-refractivity contribution >= 4 is 10.0 Å². The van der Waals surface area contributed by atoms with Crippen LogP contribution in [0.2, 0.25) is 0 Å². The first kappa shape index (κ1) is 14.9. The van der Waals surface area contributed by atoms with Crippen LogP contribution >= 0.6 is 0 Å². The molecule has 0 fully saturated rings. The smallest absolute Gasteiger partial charge is 0.240 e. The summed E-state index contributed by atoms with van der Waals surface area (Å²) in [5, 5.41) is 0. The molecule has 3 N–H and O–H groups in total. The van der Waals surface area contributed by atoms with Gasteiger partial charge < -0.3 is 10.5 Å². The fraction of sp³-hybridized carbons (Fsp3) is 0.500. The lowest BCUT2D eigenvalue weighted by Gasteiger charge is -2.13. The van der Waals surface area contributed by atoms with E-state index in [-0.39, 0.29) is 0 Å². The topological polar surface area (TPSA) is 81.4 Å². The Bertz CT molecular complexity index is 512. The number of nitrogens with two attached hydrogens (primary N) is 1. The molecule has 1 aromatic rings. The molecule has 0 unspecified atom stereocenters. The monoisotopic (exact) mass is 272 g/mol. The zero-order valence-electron chi connectivity index (χ0n) is 11.0. The molecule has 0 radical (unpaired) electrons. The lowest BCUT2D eigenvalue weighted by molar-refractivity contribution is 0.325. The molecule has 0 spiro atoms. The number of rotatable bonds is 6. The second-order valence-electron chi connectivity index (χ2n) is 4.02. The van der Waals surface area contributed by atoms with Gasteiger partial charge in [-0.3, -0.25) is 0 Å². The summed E-state index contributed by atoms with van der Waals surface area (Å²) in [5.74, 6) is 0.674. The number of benzene rings is 1. The molecule has 0 bridgehead atoms. The molecule has 5 nitrogen and oxygen atoms in total. The Morgan fingerprint density at radius 2 is 1.94 bits per heavy atom. The molecule has 0 aliphatic carbocycles. The average Bonchev–Trinajstić information content (AvgIpc) is 2.29. The van der Waals surface area contributed by atoms with Crippen LogP contribution in [0.5, 0.6) is 5.75 Å². The lowest BCUT2D eigenvalue weighted by Crippen LogP contribution is -2.24. The van der Waals surface area contributed by atoms with Crippen molar-refractivity contribution in [2.45, 2.75) is 25.7 Å². The van der Waals surface area contributed by atoms with Crippen LogP contribution in [0.4, 0.5) is 0 Å². The van der Waals surface area contributed by atoms with Crippen molar-refractivity contribution in [3.8, 4) is 5.75 Å². The van der Waals surface area contributed by atoms with E-state index < -0.39 is 10.0 Å². The Kier molecular flexibility index (Phi) is 5.13. The van der Waals surface area contributed by atoms with Crippen molar-refractivity contribution in [3.05, 3.63) is 23.3 Å². The molecule has 0 heterocycles. The molecular formula is C12H20N2O3S. The lowest BCUT2D eigenvalue weighted by atomic mass is 10.1. The van der Waals surface area contributed by atoms with E-state index in [1.165, 1.54) is 0 Å². The molecular weight excluding hydrogens is 252 g/mol. The minimum Gasteiger partial charge on any atom is -0.492 e. The van der Waals surface area contributed by atoms with Crippen LogP contribution in [-0.4, -0.2) is 28.1 Å². The van der Waals surface area contributed by atoms with Crippen LogP contribution in [-0.2, 0) is 10.0 Å². The minimum absolute atomic E-state index is 0.293. The number of aryl methyl sites for hydroxylation is 2. The Balaban J connectivity index is 3.15. The normalized spacial score (nSPS) is 11.6. The summed E-state index contributed by atoms with van der Waals surface area (Å²) >= 11 is 0. The van der Waals surface area contributed by atoms with Crippen molar-refractivity contribution in [1.29, 1.82) is 0 Å². The Hall–Kier alpha value is -1.11. The highest BCUT2D eigenvalue weighted by molar-refractivity contribution is 7.89. The van der Waals surface area contributed by atoms with E-state index >= 15 is 0 Å². The standard InChI is InChI=1S/C12H20N2O3S/c1-4-14-18(15,16)12-8-9(2)11(7-10(12)3)17-6-5-13/h7-8,14H,4-6,13H2,1-3H3. The van der Waals surface area contributed by atoms with Gasteiger partial charge in [-0.25, -0.2) is 13.1 Å². The molecule has 102 valence electrons. The molecule has 0 aliphatic heterocycles. The van der Waals surface area contributed by atoms with E-state index in [0.29, 0.717) is 35.9 Å². The van der Waals surface area contributed by atoms with E-state index in [9.17, 15) is 8.42 Å². The van der Waals surface area contributed by atoms with Crippen LogP contribution in [0.15, 0.2) is 17.0 Å². The van der Waals surface area contributed by atoms with Gasteiger partial charge in [0.15, 0.2) is 0 Å². The molecule has 1 aromatic carbocycles. The fourth-order valence-electron chi connectivity index (χ4n) is 1.64. The number of hydrogen-bond acceptors (Lipinski definition) is 4. The summed E-state index contributed by atoms with van der Waals surface area (Å²) in [6, 6.07) is 3.36. The van der Waals surface area contributed by atoms with E-state index in [0.717, 1.165) is 5.56 Å². The molecule has 0 saturated carbocycles. The zero-order valence-corrected chi connectivity index (χ0v) is 11.8. The number of hydrogen-bond donors (Lipinski definition) is 2. The third-order valence-electron chi connectivity index (χ3n) is 2.47. The molecule has 0 amide bonds. The van der Waals surface area contributed by atoms with Gasteiger partial charge in [-0.15, -0.1) is 0 Å². The first-order chi connectivity index (χ1) is 8.42.